The maximum absolute atomic E-state index is 12.4. The van der Waals surface area contributed by atoms with Crippen LogP contribution in [0.2, 0.25) is 0 Å². The topological polar surface area (TPSA) is 65.4 Å². The third-order valence-electron chi connectivity index (χ3n) is 5.84. The SMILES string of the molecule is CCc1ccc(OCCn2c(CCNC(=O)Cc3ccc(OC)cc3)nc3ccccc32)cc1. The van der Waals surface area contributed by atoms with Gasteiger partial charge in [0.25, 0.3) is 0 Å². The second-order valence-electron chi connectivity index (χ2n) is 8.14. The van der Waals surface area contributed by atoms with Crippen molar-refractivity contribution in [3.63, 3.8) is 0 Å². The molecule has 3 aromatic carbocycles. The van der Waals surface area contributed by atoms with Crippen molar-refractivity contribution in [2.75, 3.05) is 20.3 Å². The van der Waals surface area contributed by atoms with Crippen molar-refractivity contribution in [3.8, 4) is 11.5 Å². The van der Waals surface area contributed by atoms with E-state index in [4.69, 9.17) is 14.5 Å². The average molecular weight is 458 g/mol. The van der Waals surface area contributed by atoms with E-state index in [-0.39, 0.29) is 5.91 Å². The van der Waals surface area contributed by atoms with Crippen molar-refractivity contribution >= 4 is 16.9 Å². The number of fused-ring (bicyclic) bond motifs is 1. The highest BCUT2D eigenvalue weighted by Gasteiger charge is 2.11. The second kappa shape index (κ2) is 11.4. The van der Waals surface area contributed by atoms with Crippen molar-refractivity contribution in [3.05, 3.63) is 89.7 Å². The summed E-state index contributed by atoms with van der Waals surface area (Å²) in [4.78, 5) is 17.2. The molecule has 4 aromatic rings. The number of carbonyl (C=O) groups is 1. The zero-order chi connectivity index (χ0) is 23.8. The van der Waals surface area contributed by atoms with Crippen LogP contribution in [0.3, 0.4) is 0 Å². The average Bonchev–Trinajstić information content (AvgIpc) is 3.22. The number of hydrogen-bond donors (Lipinski definition) is 1. The second-order valence-corrected chi connectivity index (χ2v) is 8.14. The number of amides is 1. The molecule has 1 heterocycles. The minimum Gasteiger partial charge on any atom is -0.497 e. The summed E-state index contributed by atoms with van der Waals surface area (Å²) in [6, 6.07) is 23.9. The van der Waals surface area contributed by atoms with Gasteiger partial charge in [0.15, 0.2) is 0 Å². The van der Waals surface area contributed by atoms with Gasteiger partial charge in [0.05, 0.1) is 31.1 Å². The number of rotatable bonds is 11. The Morgan fingerprint density at radius 3 is 2.38 bits per heavy atom. The Morgan fingerprint density at radius 1 is 0.941 bits per heavy atom. The zero-order valence-corrected chi connectivity index (χ0v) is 19.8. The molecule has 0 aliphatic rings. The lowest BCUT2D eigenvalue weighted by Crippen LogP contribution is -2.28. The summed E-state index contributed by atoms with van der Waals surface area (Å²) in [7, 11) is 1.63. The third-order valence-corrected chi connectivity index (χ3v) is 5.84. The summed E-state index contributed by atoms with van der Waals surface area (Å²) >= 11 is 0. The van der Waals surface area contributed by atoms with E-state index >= 15 is 0 Å². The van der Waals surface area contributed by atoms with Crippen molar-refractivity contribution < 1.29 is 14.3 Å². The number of nitrogens with zero attached hydrogens (tertiary/aromatic N) is 2. The van der Waals surface area contributed by atoms with Crippen LogP contribution in [0.1, 0.15) is 23.9 Å². The first-order valence-electron chi connectivity index (χ1n) is 11.7. The Kier molecular flexibility index (Phi) is 7.81. The molecule has 0 aliphatic heterocycles. The van der Waals surface area contributed by atoms with E-state index < -0.39 is 0 Å². The first-order chi connectivity index (χ1) is 16.7. The Morgan fingerprint density at radius 2 is 1.65 bits per heavy atom. The minimum atomic E-state index is -0.00770. The van der Waals surface area contributed by atoms with Crippen LogP contribution in [-0.4, -0.2) is 35.7 Å². The van der Waals surface area contributed by atoms with E-state index in [1.807, 2.05) is 54.6 Å². The lowest BCUT2D eigenvalue weighted by molar-refractivity contribution is -0.120. The van der Waals surface area contributed by atoms with Crippen molar-refractivity contribution in [1.29, 1.82) is 0 Å². The molecule has 0 radical (unpaired) electrons. The van der Waals surface area contributed by atoms with Crippen LogP contribution in [0.4, 0.5) is 0 Å². The number of imidazole rings is 1. The number of benzene rings is 3. The lowest BCUT2D eigenvalue weighted by Gasteiger charge is -2.12. The highest BCUT2D eigenvalue weighted by atomic mass is 16.5. The molecule has 6 nitrogen and oxygen atoms in total. The summed E-state index contributed by atoms with van der Waals surface area (Å²) in [6.45, 7) is 3.90. The van der Waals surface area contributed by atoms with E-state index in [1.54, 1.807) is 7.11 Å². The summed E-state index contributed by atoms with van der Waals surface area (Å²) in [5.74, 6) is 2.58. The quantitative estimate of drug-likeness (QED) is 0.358. The van der Waals surface area contributed by atoms with Crippen LogP contribution in [0, 0.1) is 0 Å². The standard InChI is InChI=1S/C28H31N3O3/c1-3-21-8-14-24(15-9-21)34-19-18-31-26-7-5-4-6-25(26)30-27(31)16-17-29-28(32)20-22-10-12-23(33-2)13-11-22/h4-15H,3,16-20H2,1-2H3,(H,29,32). The fourth-order valence-corrected chi connectivity index (χ4v) is 3.95. The number of aryl methyl sites for hydroxylation is 1. The Balaban J connectivity index is 1.34. The molecule has 0 aliphatic carbocycles. The van der Waals surface area contributed by atoms with Gasteiger partial charge in [-0.3, -0.25) is 4.79 Å². The molecule has 0 atom stereocenters. The molecule has 34 heavy (non-hydrogen) atoms. The number of methoxy groups -OCH3 is 1. The number of hydrogen-bond acceptors (Lipinski definition) is 4. The third kappa shape index (κ3) is 5.95. The number of nitrogens with one attached hydrogen (secondary N) is 1. The van der Waals surface area contributed by atoms with Crippen LogP contribution in [0.15, 0.2) is 72.8 Å². The van der Waals surface area contributed by atoms with Crippen LogP contribution < -0.4 is 14.8 Å². The molecule has 0 saturated carbocycles. The predicted molar refractivity (Wildman–Crippen MR) is 134 cm³/mol. The van der Waals surface area contributed by atoms with Gasteiger partial charge < -0.3 is 19.4 Å². The summed E-state index contributed by atoms with van der Waals surface area (Å²) in [5.41, 5.74) is 4.28. The fourth-order valence-electron chi connectivity index (χ4n) is 3.95. The van der Waals surface area contributed by atoms with Crippen molar-refractivity contribution in [2.45, 2.75) is 32.7 Å². The zero-order valence-electron chi connectivity index (χ0n) is 19.8. The monoisotopic (exact) mass is 457 g/mol. The number of para-hydroxylation sites is 2. The molecular weight excluding hydrogens is 426 g/mol. The molecular formula is C28H31N3O3. The predicted octanol–water partition coefficient (Wildman–Crippen LogP) is 4.59. The van der Waals surface area contributed by atoms with Gasteiger partial charge in [-0.05, 0) is 53.9 Å². The van der Waals surface area contributed by atoms with Gasteiger partial charge in [-0.1, -0.05) is 43.3 Å². The Bertz CT molecular complexity index is 1210. The van der Waals surface area contributed by atoms with Crippen LogP contribution >= 0.6 is 0 Å². The lowest BCUT2D eigenvalue weighted by atomic mass is 10.1. The van der Waals surface area contributed by atoms with E-state index in [0.717, 1.165) is 40.3 Å². The van der Waals surface area contributed by atoms with Crippen LogP contribution in [0.25, 0.3) is 11.0 Å². The summed E-state index contributed by atoms with van der Waals surface area (Å²) < 4.78 is 13.3. The van der Waals surface area contributed by atoms with Crippen LogP contribution in [0.5, 0.6) is 11.5 Å². The number of carbonyl (C=O) groups excluding carboxylic acids is 1. The molecule has 0 fully saturated rings. The Labute approximate surface area is 200 Å². The Hall–Kier alpha value is -3.80. The number of ether oxygens (including phenoxy) is 2. The molecule has 0 bridgehead atoms. The maximum Gasteiger partial charge on any atom is 0.224 e. The van der Waals surface area contributed by atoms with E-state index in [2.05, 4.69) is 35.0 Å². The van der Waals surface area contributed by atoms with Gasteiger partial charge in [-0.15, -0.1) is 0 Å². The normalized spacial score (nSPS) is 10.9. The molecule has 1 amide bonds. The fraction of sp³-hybridized carbons (Fsp3) is 0.286. The molecule has 0 saturated heterocycles. The molecule has 176 valence electrons. The van der Waals surface area contributed by atoms with E-state index in [0.29, 0.717) is 32.5 Å². The summed E-state index contributed by atoms with van der Waals surface area (Å²) in [5, 5.41) is 3.02. The van der Waals surface area contributed by atoms with Crippen LogP contribution in [-0.2, 0) is 30.6 Å². The van der Waals surface area contributed by atoms with Gasteiger partial charge in [0.2, 0.25) is 5.91 Å². The van der Waals surface area contributed by atoms with Crippen molar-refractivity contribution in [1.82, 2.24) is 14.9 Å². The number of aromatic nitrogens is 2. The van der Waals surface area contributed by atoms with E-state index in [9.17, 15) is 4.79 Å². The van der Waals surface area contributed by atoms with Crippen molar-refractivity contribution in [2.24, 2.45) is 0 Å². The molecule has 4 rings (SSSR count). The first-order valence-corrected chi connectivity index (χ1v) is 11.7. The largest absolute Gasteiger partial charge is 0.497 e. The molecule has 6 heteroatoms. The van der Waals surface area contributed by atoms with E-state index in [1.165, 1.54) is 5.56 Å². The van der Waals surface area contributed by atoms with Gasteiger partial charge >= 0.3 is 0 Å². The molecule has 1 N–H and O–H groups in total. The van der Waals surface area contributed by atoms with Gasteiger partial charge in [0.1, 0.15) is 23.9 Å². The van der Waals surface area contributed by atoms with Gasteiger partial charge in [-0.2, -0.15) is 0 Å². The first kappa shape index (κ1) is 23.4. The highest BCUT2D eigenvalue weighted by Crippen LogP contribution is 2.18. The highest BCUT2D eigenvalue weighted by molar-refractivity contribution is 5.78. The smallest absolute Gasteiger partial charge is 0.224 e. The molecule has 1 aromatic heterocycles. The maximum atomic E-state index is 12.4. The minimum absolute atomic E-state index is 0.00770. The molecule has 0 unspecified atom stereocenters. The molecule has 0 spiro atoms. The van der Waals surface area contributed by atoms with Gasteiger partial charge in [-0.25, -0.2) is 4.98 Å². The summed E-state index contributed by atoms with van der Waals surface area (Å²) in [6.07, 6.45) is 2.00. The van der Waals surface area contributed by atoms with Gasteiger partial charge in [0, 0.05) is 13.0 Å².